The van der Waals surface area contributed by atoms with Gasteiger partial charge in [0.1, 0.15) is 6.10 Å². The number of amides is 1. The summed E-state index contributed by atoms with van der Waals surface area (Å²) in [5.41, 5.74) is 0.480. The number of carbonyl (C=O) groups excluding carboxylic acids is 1. The van der Waals surface area contributed by atoms with Crippen LogP contribution in [0.4, 0.5) is 0 Å². The Hall–Kier alpha value is -2.11. The van der Waals surface area contributed by atoms with Gasteiger partial charge in [-0.2, -0.15) is 0 Å². The molecule has 1 atom stereocenters. The molecule has 1 heterocycles. The molecule has 0 radical (unpaired) electrons. The Balaban J connectivity index is 1.87. The molecule has 6 nitrogen and oxygen atoms in total. The lowest BCUT2D eigenvalue weighted by atomic mass is 9.98. The summed E-state index contributed by atoms with van der Waals surface area (Å²) in [6, 6.07) is 3.27. The minimum atomic E-state index is -0.862. The summed E-state index contributed by atoms with van der Waals surface area (Å²) >= 11 is 0. The van der Waals surface area contributed by atoms with Crippen molar-refractivity contribution in [3.63, 3.8) is 0 Å². The Morgan fingerprint density at radius 1 is 1.39 bits per heavy atom. The van der Waals surface area contributed by atoms with Crippen molar-refractivity contribution < 1.29 is 19.4 Å². The van der Waals surface area contributed by atoms with Gasteiger partial charge in [0.15, 0.2) is 0 Å². The van der Waals surface area contributed by atoms with Gasteiger partial charge in [0.25, 0.3) is 5.91 Å². The zero-order valence-corrected chi connectivity index (χ0v) is 13.5. The highest BCUT2D eigenvalue weighted by Crippen LogP contribution is 2.22. The average molecular weight is 320 g/mol. The van der Waals surface area contributed by atoms with E-state index in [1.54, 1.807) is 25.3 Å². The van der Waals surface area contributed by atoms with Crippen molar-refractivity contribution in [2.45, 2.75) is 51.6 Å². The maximum atomic E-state index is 12.1. The van der Waals surface area contributed by atoms with Crippen molar-refractivity contribution in [2.75, 3.05) is 6.54 Å². The van der Waals surface area contributed by atoms with Gasteiger partial charge in [-0.15, -0.1) is 0 Å². The topological polar surface area (TPSA) is 88.5 Å². The molecule has 2 rings (SSSR count). The van der Waals surface area contributed by atoms with Crippen LogP contribution in [-0.2, 0) is 4.79 Å². The summed E-state index contributed by atoms with van der Waals surface area (Å²) in [4.78, 5) is 26.9. The van der Waals surface area contributed by atoms with E-state index in [0.717, 1.165) is 12.8 Å². The minimum Gasteiger partial charge on any atom is -0.481 e. The molecule has 1 unspecified atom stereocenters. The van der Waals surface area contributed by atoms with Gasteiger partial charge in [-0.05, 0) is 37.7 Å². The molecule has 1 aromatic heterocycles. The molecule has 1 amide bonds. The molecule has 1 saturated carbocycles. The molecule has 1 aliphatic carbocycles. The van der Waals surface area contributed by atoms with Crippen LogP contribution in [0, 0.1) is 5.92 Å². The normalized spacial score (nSPS) is 16.6. The molecule has 0 aliphatic heterocycles. The van der Waals surface area contributed by atoms with E-state index < -0.39 is 5.97 Å². The SMILES string of the molecule is CC(CNC(=O)c1ccnc(OC2CCCCC2)c1)CC(=O)O. The molecule has 1 aliphatic rings. The fourth-order valence-corrected chi connectivity index (χ4v) is 2.71. The molecule has 1 fully saturated rings. The van der Waals surface area contributed by atoms with Crippen LogP contribution in [0.1, 0.15) is 55.8 Å². The molecule has 0 spiro atoms. The molecule has 0 bridgehead atoms. The van der Waals surface area contributed by atoms with E-state index in [0.29, 0.717) is 18.0 Å². The Labute approximate surface area is 136 Å². The molecule has 6 heteroatoms. The van der Waals surface area contributed by atoms with Crippen LogP contribution in [0.2, 0.25) is 0 Å². The van der Waals surface area contributed by atoms with E-state index in [9.17, 15) is 9.59 Å². The van der Waals surface area contributed by atoms with Gasteiger partial charge in [0.2, 0.25) is 5.88 Å². The van der Waals surface area contributed by atoms with Crippen molar-refractivity contribution >= 4 is 11.9 Å². The van der Waals surface area contributed by atoms with Gasteiger partial charge in [-0.3, -0.25) is 9.59 Å². The number of carbonyl (C=O) groups is 2. The van der Waals surface area contributed by atoms with Crippen molar-refractivity contribution in [3.05, 3.63) is 23.9 Å². The first kappa shape index (κ1) is 17.2. The van der Waals surface area contributed by atoms with Gasteiger partial charge in [-0.1, -0.05) is 13.3 Å². The zero-order chi connectivity index (χ0) is 16.7. The summed E-state index contributed by atoms with van der Waals surface area (Å²) in [7, 11) is 0. The second-order valence-electron chi connectivity index (χ2n) is 6.17. The molecule has 23 heavy (non-hydrogen) atoms. The summed E-state index contributed by atoms with van der Waals surface area (Å²) in [5.74, 6) is -0.739. The standard InChI is InChI=1S/C17H24N2O4/c1-12(9-16(20)21)11-19-17(22)13-7-8-18-15(10-13)23-14-5-3-2-4-6-14/h7-8,10,12,14H,2-6,9,11H2,1H3,(H,19,22)(H,20,21). The molecule has 0 saturated heterocycles. The van der Waals surface area contributed by atoms with E-state index in [1.165, 1.54) is 19.3 Å². The number of nitrogens with zero attached hydrogens (tertiary/aromatic N) is 1. The maximum Gasteiger partial charge on any atom is 0.303 e. The summed E-state index contributed by atoms with van der Waals surface area (Å²) in [5, 5.41) is 11.5. The lowest BCUT2D eigenvalue weighted by Gasteiger charge is -2.22. The van der Waals surface area contributed by atoms with Gasteiger partial charge >= 0.3 is 5.97 Å². The van der Waals surface area contributed by atoms with E-state index in [4.69, 9.17) is 9.84 Å². The second-order valence-corrected chi connectivity index (χ2v) is 6.17. The van der Waals surface area contributed by atoms with Gasteiger partial charge in [0.05, 0.1) is 0 Å². The first-order chi connectivity index (χ1) is 11.0. The number of hydrogen-bond acceptors (Lipinski definition) is 4. The number of aromatic nitrogens is 1. The van der Waals surface area contributed by atoms with E-state index >= 15 is 0 Å². The Morgan fingerprint density at radius 3 is 2.83 bits per heavy atom. The predicted molar refractivity (Wildman–Crippen MR) is 85.5 cm³/mol. The van der Waals surface area contributed by atoms with Crippen molar-refractivity contribution in [2.24, 2.45) is 5.92 Å². The highest BCUT2D eigenvalue weighted by atomic mass is 16.5. The van der Waals surface area contributed by atoms with Crippen molar-refractivity contribution in [3.8, 4) is 5.88 Å². The van der Waals surface area contributed by atoms with Gasteiger partial charge in [-0.25, -0.2) is 4.98 Å². The number of carboxylic acids is 1. The lowest BCUT2D eigenvalue weighted by molar-refractivity contribution is -0.137. The minimum absolute atomic E-state index is 0.0344. The summed E-state index contributed by atoms with van der Waals surface area (Å²) in [6.07, 6.45) is 7.45. The van der Waals surface area contributed by atoms with Crippen LogP contribution >= 0.6 is 0 Å². The largest absolute Gasteiger partial charge is 0.481 e. The Bertz CT molecular complexity index is 541. The summed E-state index contributed by atoms with van der Waals surface area (Å²) < 4.78 is 5.86. The fraction of sp³-hybridized carbons (Fsp3) is 0.588. The fourth-order valence-electron chi connectivity index (χ4n) is 2.71. The number of carboxylic acid groups (broad SMARTS) is 1. The Morgan fingerprint density at radius 2 is 2.13 bits per heavy atom. The van der Waals surface area contributed by atoms with Gasteiger partial charge < -0.3 is 15.2 Å². The number of ether oxygens (including phenoxy) is 1. The van der Waals surface area contributed by atoms with Crippen LogP contribution < -0.4 is 10.1 Å². The van der Waals surface area contributed by atoms with Crippen LogP contribution in [0.3, 0.4) is 0 Å². The van der Waals surface area contributed by atoms with Crippen molar-refractivity contribution in [1.82, 2.24) is 10.3 Å². The number of rotatable bonds is 7. The van der Waals surface area contributed by atoms with E-state index in [2.05, 4.69) is 10.3 Å². The van der Waals surface area contributed by atoms with Crippen LogP contribution in [0.25, 0.3) is 0 Å². The number of nitrogens with one attached hydrogen (secondary N) is 1. The van der Waals surface area contributed by atoms with Crippen LogP contribution in [0.15, 0.2) is 18.3 Å². The third-order valence-electron chi connectivity index (χ3n) is 3.97. The van der Waals surface area contributed by atoms with E-state index in [1.807, 2.05) is 0 Å². The van der Waals surface area contributed by atoms with E-state index in [-0.39, 0.29) is 24.3 Å². The highest BCUT2D eigenvalue weighted by molar-refractivity contribution is 5.94. The monoisotopic (exact) mass is 320 g/mol. The summed E-state index contributed by atoms with van der Waals surface area (Å²) in [6.45, 7) is 2.12. The first-order valence-electron chi connectivity index (χ1n) is 8.17. The molecule has 2 N–H and O–H groups in total. The van der Waals surface area contributed by atoms with Crippen LogP contribution in [-0.4, -0.2) is 34.6 Å². The smallest absolute Gasteiger partial charge is 0.303 e. The Kier molecular flexibility index (Phi) is 6.38. The highest BCUT2D eigenvalue weighted by Gasteiger charge is 2.16. The quantitative estimate of drug-likeness (QED) is 0.806. The molecular formula is C17H24N2O4. The van der Waals surface area contributed by atoms with Crippen molar-refractivity contribution in [1.29, 1.82) is 0 Å². The zero-order valence-electron chi connectivity index (χ0n) is 13.5. The second kappa shape index (κ2) is 8.50. The third-order valence-corrected chi connectivity index (χ3v) is 3.97. The van der Waals surface area contributed by atoms with Gasteiger partial charge in [0, 0.05) is 30.8 Å². The first-order valence-corrected chi connectivity index (χ1v) is 8.17. The lowest BCUT2D eigenvalue weighted by Crippen LogP contribution is -2.29. The molecule has 126 valence electrons. The molecule has 1 aromatic rings. The maximum absolute atomic E-state index is 12.1. The third kappa shape index (κ3) is 5.88. The number of hydrogen-bond donors (Lipinski definition) is 2. The average Bonchev–Trinajstić information content (AvgIpc) is 2.53. The number of pyridine rings is 1. The molecular weight excluding hydrogens is 296 g/mol. The number of aliphatic carboxylic acids is 1. The molecule has 0 aromatic carbocycles. The predicted octanol–water partition coefficient (Wildman–Crippen LogP) is 2.63. The van der Waals surface area contributed by atoms with Crippen LogP contribution in [0.5, 0.6) is 5.88 Å².